The van der Waals surface area contributed by atoms with Gasteiger partial charge in [0.15, 0.2) is 11.5 Å². The van der Waals surface area contributed by atoms with Crippen molar-refractivity contribution in [2.45, 2.75) is 19.9 Å². The Labute approximate surface area is 216 Å². The molecule has 0 fully saturated rings. The molecule has 8 nitrogen and oxygen atoms in total. The fourth-order valence-electron chi connectivity index (χ4n) is 4.31. The van der Waals surface area contributed by atoms with Crippen molar-refractivity contribution in [3.63, 3.8) is 0 Å². The number of hydrogen-bond acceptors (Lipinski definition) is 6. The molecule has 37 heavy (non-hydrogen) atoms. The third kappa shape index (κ3) is 5.53. The molecule has 8 heteroatoms. The van der Waals surface area contributed by atoms with E-state index < -0.39 is 5.97 Å². The number of carboxylic acids is 1. The van der Waals surface area contributed by atoms with Crippen LogP contribution < -0.4 is 18.9 Å². The molecule has 192 valence electrons. The molecule has 0 aliphatic carbocycles. The second kappa shape index (κ2) is 11.5. The minimum Gasteiger partial charge on any atom is -0.496 e. The van der Waals surface area contributed by atoms with Gasteiger partial charge in [0.2, 0.25) is 0 Å². The standard InChI is InChI=1S/C29H30N2O6/c1-5-37-26-14-13-19(16-28(32)33)15-22(26)23-17-24(21-10-8-12-27(35-3)29(21)36-4)31(30-23)18-20-9-6-7-11-25(20)34-2/h6-15,17H,5,16,18H2,1-4H3,(H,32,33). The summed E-state index contributed by atoms with van der Waals surface area (Å²) < 4.78 is 24.6. The molecule has 4 rings (SSSR count). The Hall–Kier alpha value is -4.46. The first-order valence-electron chi connectivity index (χ1n) is 11.9. The van der Waals surface area contributed by atoms with E-state index >= 15 is 0 Å². The van der Waals surface area contributed by atoms with Gasteiger partial charge in [0.05, 0.1) is 52.3 Å². The molecule has 1 aromatic heterocycles. The van der Waals surface area contributed by atoms with Crippen molar-refractivity contribution in [2.24, 2.45) is 0 Å². The SMILES string of the molecule is CCOc1ccc(CC(=O)O)cc1-c1cc(-c2cccc(OC)c2OC)n(Cc2ccccc2OC)n1. The van der Waals surface area contributed by atoms with Crippen LogP contribution in [-0.4, -0.2) is 48.8 Å². The number of nitrogens with zero attached hydrogens (tertiary/aromatic N) is 2. The first kappa shape index (κ1) is 25.6. The monoisotopic (exact) mass is 502 g/mol. The van der Waals surface area contributed by atoms with Crippen molar-refractivity contribution in [3.8, 4) is 45.5 Å². The van der Waals surface area contributed by atoms with Crippen molar-refractivity contribution in [3.05, 3.63) is 77.9 Å². The summed E-state index contributed by atoms with van der Waals surface area (Å²) in [7, 11) is 4.84. The van der Waals surface area contributed by atoms with Gasteiger partial charge in [-0.15, -0.1) is 0 Å². The molecule has 0 bridgehead atoms. The van der Waals surface area contributed by atoms with Gasteiger partial charge in [-0.25, -0.2) is 0 Å². The summed E-state index contributed by atoms with van der Waals surface area (Å²) in [5.74, 6) is 1.66. The topological polar surface area (TPSA) is 92.0 Å². The molecule has 0 spiro atoms. The summed E-state index contributed by atoms with van der Waals surface area (Å²) in [6.45, 7) is 2.80. The number of ether oxygens (including phenoxy) is 4. The Kier molecular flexibility index (Phi) is 7.98. The zero-order valence-electron chi connectivity index (χ0n) is 21.4. The van der Waals surface area contributed by atoms with Crippen molar-refractivity contribution in [1.29, 1.82) is 0 Å². The summed E-state index contributed by atoms with van der Waals surface area (Å²) in [6, 6.07) is 20.8. The molecule has 0 amide bonds. The van der Waals surface area contributed by atoms with Crippen LogP contribution in [0.3, 0.4) is 0 Å². The van der Waals surface area contributed by atoms with Crippen molar-refractivity contribution >= 4 is 5.97 Å². The van der Waals surface area contributed by atoms with Crippen LogP contribution in [0.2, 0.25) is 0 Å². The first-order chi connectivity index (χ1) is 18.0. The van der Waals surface area contributed by atoms with Gasteiger partial charge < -0.3 is 24.1 Å². The molecule has 0 atom stereocenters. The van der Waals surface area contributed by atoms with Crippen molar-refractivity contribution in [1.82, 2.24) is 9.78 Å². The van der Waals surface area contributed by atoms with E-state index in [1.807, 2.05) is 66.2 Å². The van der Waals surface area contributed by atoms with Gasteiger partial charge in [0.1, 0.15) is 11.5 Å². The number of rotatable bonds is 11. The molecule has 0 saturated heterocycles. The van der Waals surface area contributed by atoms with Gasteiger partial charge >= 0.3 is 5.97 Å². The summed E-state index contributed by atoms with van der Waals surface area (Å²) in [5.41, 5.74) is 4.56. The van der Waals surface area contributed by atoms with E-state index in [2.05, 4.69) is 0 Å². The van der Waals surface area contributed by atoms with Gasteiger partial charge in [-0.1, -0.05) is 30.3 Å². The average Bonchev–Trinajstić information content (AvgIpc) is 3.32. The third-order valence-corrected chi connectivity index (χ3v) is 5.95. The lowest BCUT2D eigenvalue weighted by Crippen LogP contribution is -2.06. The van der Waals surface area contributed by atoms with Crippen LogP contribution in [-0.2, 0) is 17.8 Å². The van der Waals surface area contributed by atoms with Gasteiger partial charge in [-0.2, -0.15) is 5.10 Å². The molecule has 0 aliphatic heterocycles. The highest BCUT2D eigenvalue weighted by Crippen LogP contribution is 2.41. The number of methoxy groups -OCH3 is 3. The fourth-order valence-corrected chi connectivity index (χ4v) is 4.31. The highest BCUT2D eigenvalue weighted by atomic mass is 16.5. The number of carbonyl (C=O) groups is 1. The van der Waals surface area contributed by atoms with Gasteiger partial charge in [-0.05, 0) is 48.9 Å². The second-order valence-corrected chi connectivity index (χ2v) is 8.26. The average molecular weight is 503 g/mol. The maximum atomic E-state index is 11.4. The maximum absolute atomic E-state index is 11.4. The highest BCUT2D eigenvalue weighted by Gasteiger charge is 2.21. The molecule has 0 radical (unpaired) electrons. The largest absolute Gasteiger partial charge is 0.496 e. The number of hydrogen-bond donors (Lipinski definition) is 1. The van der Waals surface area contributed by atoms with Gasteiger partial charge in [0, 0.05) is 16.7 Å². The first-order valence-corrected chi connectivity index (χ1v) is 11.9. The van der Waals surface area contributed by atoms with Crippen LogP contribution in [0.4, 0.5) is 0 Å². The number of benzene rings is 3. The summed E-state index contributed by atoms with van der Waals surface area (Å²) in [4.78, 5) is 11.4. The van der Waals surface area contributed by atoms with E-state index in [1.165, 1.54) is 0 Å². The van der Waals surface area contributed by atoms with E-state index in [0.29, 0.717) is 47.2 Å². The van der Waals surface area contributed by atoms with E-state index in [4.69, 9.17) is 24.0 Å². The summed E-state index contributed by atoms with van der Waals surface area (Å²) >= 11 is 0. The molecule has 3 aromatic carbocycles. The Bertz CT molecular complexity index is 1400. The molecule has 4 aromatic rings. The molecule has 0 saturated carbocycles. The molecule has 0 aliphatic rings. The quantitative estimate of drug-likeness (QED) is 0.297. The molecule has 1 N–H and O–H groups in total. The Balaban J connectivity index is 1.93. The number of para-hydroxylation sites is 2. The van der Waals surface area contributed by atoms with Crippen LogP contribution >= 0.6 is 0 Å². The zero-order chi connectivity index (χ0) is 26.4. The summed E-state index contributed by atoms with van der Waals surface area (Å²) in [6.07, 6.45) is -0.0993. The van der Waals surface area contributed by atoms with Crippen LogP contribution in [0, 0.1) is 0 Å². The number of carboxylic acid groups (broad SMARTS) is 1. The smallest absolute Gasteiger partial charge is 0.307 e. The Morgan fingerprint density at radius 3 is 2.32 bits per heavy atom. The van der Waals surface area contributed by atoms with Crippen LogP contribution in [0.1, 0.15) is 18.1 Å². The van der Waals surface area contributed by atoms with E-state index in [9.17, 15) is 9.90 Å². The number of aromatic nitrogens is 2. The minimum atomic E-state index is -0.904. The Morgan fingerprint density at radius 1 is 0.865 bits per heavy atom. The van der Waals surface area contributed by atoms with E-state index in [0.717, 1.165) is 22.6 Å². The number of aliphatic carboxylic acids is 1. The van der Waals surface area contributed by atoms with Gasteiger partial charge in [0.25, 0.3) is 0 Å². The van der Waals surface area contributed by atoms with E-state index in [-0.39, 0.29) is 6.42 Å². The second-order valence-electron chi connectivity index (χ2n) is 8.26. The fraction of sp³-hybridized carbons (Fsp3) is 0.241. The Morgan fingerprint density at radius 2 is 1.62 bits per heavy atom. The molecular weight excluding hydrogens is 472 g/mol. The lowest BCUT2D eigenvalue weighted by Gasteiger charge is -2.15. The molecule has 1 heterocycles. The molecular formula is C29H30N2O6. The maximum Gasteiger partial charge on any atom is 0.307 e. The van der Waals surface area contributed by atoms with Crippen LogP contribution in [0.5, 0.6) is 23.0 Å². The van der Waals surface area contributed by atoms with Gasteiger partial charge in [-0.3, -0.25) is 9.48 Å². The molecule has 0 unspecified atom stereocenters. The normalized spacial score (nSPS) is 10.7. The highest BCUT2D eigenvalue weighted by molar-refractivity contribution is 5.78. The third-order valence-electron chi connectivity index (χ3n) is 5.95. The van der Waals surface area contributed by atoms with Crippen molar-refractivity contribution < 1.29 is 28.8 Å². The zero-order valence-corrected chi connectivity index (χ0v) is 21.4. The summed E-state index contributed by atoms with van der Waals surface area (Å²) in [5, 5.41) is 14.3. The minimum absolute atomic E-state index is 0.0993. The van der Waals surface area contributed by atoms with Crippen LogP contribution in [0.25, 0.3) is 22.5 Å². The predicted octanol–water partition coefficient (Wildman–Crippen LogP) is 5.32. The van der Waals surface area contributed by atoms with E-state index in [1.54, 1.807) is 33.5 Å². The lowest BCUT2D eigenvalue weighted by atomic mass is 10.0. The lowest BCUT2D eigenvalue weighted by molar-refractivity contribution is -0.136. The van der Waals surface area contributed by atoms with Crippen LogP contribution in [0.15, 0.2) is 66.7 Å². The van der Waals surface area contributed by atoms with Crippen molar-refractivity contribution in [2.75, 3.05) is 27.9 Å². The predicted molar refractivity (Wildman–Crippen MR) is 141 cm³/mol.